The molecule has 0 atom stereocenters. The predicted molar refractivity (Wildman–Crippen MR) is 82.3 cm³/mol. The fraction of sp³-hybridized carbons (Fsp3) is 0.467. The topological polar surface area (TPSA) is 58.0 Å². The van der Waals surface area contributed by atoms with Crippen molar-refractivity contribution < 1.29 is 5.11 Å². The molecule has 0 saturated carbocycles. The van der Waals surface area contributed by atoms with Crippen LogP contribution in [0.4, 0.5) is 0 Å². The molecule has 0 spiro atoms. The Morgan fingerprint density at radius 3 is 2.80 bits per heavy atom. The van der Waals surface area contributed by atoms with Crippen molar-refractivity contribution in [2.45, 2.75) is 39.2 Å². The molecule has 0 fully saturated rings. The minimum atomic E-state index is 0.298. The first-order valence-corrected chi connectivity index (χ1v) is 7.77. The lowest BCUT2D eigenvalue weighted by Gasteiger charge is -2.05. The van der Waals surface area contributed by atoms with Crippen molar-refractivity contribution in [3.8, 4) is 5.75 Å². The van der Waals surface area contributed by atoms with Crippen molar-refractivity contribution in [1.29, 1.82) is 0 Å². The van der Waals surface area contributed by atoms with Crippen LogP contribution in [0.3, 0.4) is 0 Å². The number of nitrogens with zero attached hydrogens (tertiary/aromatic N) is 2. The molecule has 108 valence electrons. The highest BCUT2D eigenvalue weighted by molar-refractivity contribution is 7.11. The SMILES string of the molecule is CC(C)NCCCc1nnc(Cc2cccc(O)c2)s1. The summed E-state index contributed by atoms with van der Waals surface area (Å²) in [6.07, 6.45) is 2.78. The maximum absolute atomic E-state index is 9.44. The Kier molecular flexibility index (Phi) is 5.49. The Hall–Kier alpha value is -1.46. The quantitative estimate of drug-likeness (QED) is 0.770. The number of rotatable bonds is 7. The van der Waals surface area contributed by atoms with Gasteiger partial charge in [-0.1, -0.05) is 26.0 Å². The van der Waals surface area contributed by atoms with Gasteiger partial charge in [0.15, 0.2) is 0 Å². The van der Waals surface area contributed by atoms with Gasteiger partial charge in [0.2, 0.25) is 0 Å². The smallest absolute Gasteiger partial charge is 0.121 e. The average molecular weight is 291 g/mol. The van der Waals surface area contributed by atoms with Gasteiger partial charge in [-0.25, -0.2) is 0 Å². The molecule has 2 aromatic rings. The largest absolute Gasteiger partial charge is 0.508 e. The summed E-state index contributed by atoms with van der Waals surface area (Å²) >= 11 is 1.66. The minimum Gasteiger partial charge on any atom is -0.508 e. The minimum absolute atomic E-state index is 0.298. The Balaban J connectivity index is 1.83. The van der Waals surface area contributed by atoms with Gasteiger partial charge in [-0.3, -0.25) is 0 Å². The van der Waals surface area contributed by atoms with Crippen LogP contribution in [0.1, 0.15) is 35.8 Å². The zero-order valence-corrected chi connectivity index (χ0v) is 12.8. The number of aryl methyl sites for hydroxylation is 1. The molecule has 0 amide bonds. The molecule has 2 N–H and O–H groups in total. The molecule has 4 nitrogen and oxygen atoms in total. The van der Waals surface area contributed by atoms with Gasteiger partial charge in [-0.05, 0) is 30.7 Å². The highest BCUT2D eigenvalue weighted by atomic mass is 32.1. The van der Waals surface area contributed by atoms with Crippen molar-refractivity contribution in [2.24, 2.45) is 0 Å². The molecule has 1 heterocycles. The van der Waals surface area contributed by atoms with Crippen LogP contribution in [-0.2, 0) is 12.8 Å². The second kappa shape index (κ2) is 7.36. The Labute approximate surface area is 123 Å². The molecule has 1 aromatic carbocycles. The number of benzene rings is 1. The third-order valence-corrected chi connectivity index (χ3v) is 3.88. The van der Waals surface area contributed by atoms with Crippen LogP contribution in [-0.4, -0.2) is 27.9 Å². The van der Waals surface area contributed by atoms with Crippen molar-refractivity contribution in [3.63, 3.8) is 0 Å². The molecule has 0 saturated heterocycles. The zero-order valence-electron chi connectivity index (χ0n) is 12.0. The van der Waals surface area contributed by atoms with E-state index in [0.717, 1.165) is 41.4 Å². The molecule has 0 aliphatic rings. The monoisotopic (exact) mass is 291 g/mol. The molecule has 20 heavy (non-hydrogen) atoms. The summed E-state index contributed by atoms with van der Waals surface area (Å²) in [7, 11) is 0. The van der Waals surface area contributed by atoms with E-state index in [1.54, 1.807) is 23.5 Å². The van der Waals surface area contributed by atoms with E-state index in [0.29, 0.717) is 11.8 Å². The Bertz CT molecular complexity index is 539. The molecular weight excluding hydrogens is 270 g/mol. The Morgan fingerprint density at radius 1 is 1.25 bits per heavy atom. The highest BCUT2D eigenvalue weighted by Crippen LogP contribution is 2.18. The van der Waals surface area contributed by atoms with Crippen molar-refractivity contribution in [3.05, 3.63) is 39.8 Å². The van der Waals surface area contributed by atoms with Crippen molar-refractivity contribution in [2.75, 3.05) is 6.54 Å². The van der Waals surface area contributed by atoms with E-state index < -0.39 is 0 Å². The van der Waals surface area contributed by atoms with Gasteiger partial charge in [0.25, 0.3) is 0 Å². The number of phenolic OH excluding ortho intramolecular Hbond substituents is 1. The summed E-state index contributed by atoms with van der Waals surface area (Å²) in [5.74, 6) is 0.298. The number of hydrogen-bond acceptors (Lipinski definition) is 5. The third kappa shape index (κ3) is 4.90. The first-order valence-electron chi connectivity index (χ1n) is 6.96. The fourth-order valence-corrected chi connectivity index (χ4v) is 2.85. The van der Waals surface area contributed by atoms with Gasteiger partial charge in [-0.15, -0.1) is 21.5 Å². The maximum atomic E-state index is 9.44. The molecule has 0 aliphatic heterocycles. The highest BCUT2D eigenvalue weighted by Gasteiger charge is 2.06. The van der Waals surface area contributed by atoms with Crippen LogP contribution < -0.4 is 5.32 Å². The van der Waals surface area contributed by atoms with E-state index in [4.69, 9.17) is 0 Å². The first kappa shape index (κ1) is 14.9. The van der Waals surface area contributed by atoms with E-state index in [9.17, 15) is 5.11 Å². The maximum Gasteiger partial charge on any atom is 0.121 e. The van der Waals surface area contributed by atoms with Crippen molar-refractivity contribution >= 4 is 11.3 Å². The van der Waals surface area contributed by atoms with Gasteiger partial charge in [0.1, 0.15) is 15.8 Å². The number of nitrogens with one attached hydrogen (secondary N) is 1. The zero-order chi connectivity index (χ0) is 14.4. The standard InChI is InChI=1S/C15H21N3OS/c1-11(2)16-8-4-7-14-17-18-15(20-14)10-12-5-3-6-13(19)9-12/h3,5-6,9,11,16,19H,4,7-8,10H2,1-2H3. The number of hydrogen-bond donors (Lipinski definition) is 2. The second-order valence-corrected chi connectivity index (χ2v) is 6.30. The first-order chi connectivity index (χ1) is 9.63. The molecule has 0 radical (unpaired) electrons. The molecule has 5 heteroatoms. The van der Waals surface area contributed by atoms with Gasteiger partial charge >= 0.3 is 0 Å². The summed E-state index contributed by atoms with van der Waals surface area (Å²) in [4.78, 5) is 0. The van der Waals surface area contributed by atoms with Crippen LogP contribution >= 0.6 is 11.3 Å². The van der Waals surface area contributed by atoms with Gasteiger partial charge in [0, 0.05) is 18.9 Å². The lowest BCUT2D eigenvalue weighted by molar-refractivity contribution is 0.474. The predicted octanol–water partition coefficient (Wildman–Crippen LogP) is 2.77. The van der Waals surface area contributed by atoms with Gasteiger partial charge in [-0.2, -0.15) is 0 Å². The summed E-state index contributed by atoms with van der Waals surface area (Å²) < 4.78 is 0. The van der Waals surface area contributed by atoms with E-state index in [2.05, 4.69) is 29.4 Å². The summed E-state index contributed by atoms with van der Waals surface area (Å²) in [6, 6.07) is 7.83. The second-order valence-electron chi connectivity index (χ2n) is 5.15. The fourth-order valence-electron chi connectivity index (χ4n) is 1.93. The molecule has 1 aromatic heterocycles. The van der Waals surface area contributed by atoms with Gasteiger partial charge < -0.3 is 10.4 Å². The molecule has 2 rings (SSSR count). The van der Waals surface area contributed by atoms with Crippen LogP contribution in [0.2, 0.25) is 0 Å². The normalized spacial score (nSPS) is 11.2. The van der Waals surface area contributed by atoms with E-state index in [-0.39, 0.29) is 0 Å². The Morgan fingerprint density at radius 2 is 2.05 bits per heavy atom. The van der Waals surface area contributed by atoms with Crippen LogP contribution in [0.15, 0.2) is 24.3 Å². The van der Waals surface area contributed by atoms with E-state index >= 15 is 0 Å². The van der Waals surface area contributed by atoms with Crippen LogP contribution in [0.5, 0.6) is 5.75 Å². The molecular formula is C15H21N3OS. The lowest BCUT2D eigenvalue weighted by atomic mass is 10.1. The van der Waals surface area contributed by atoms with Crippen LogP contribution in [0.25, 0.3) is 0 Å². The van der Waals surface area contributed by atoms with Crippen LogP contribution in [0, 0.1) is 0 Å². The summed E-state index contributed by atoms with van der Waals surface area (Å²) in [5.41, 5.74) is 1.06. The summed E-state index contributed by atoms with van der Waals surface area (Å²) in [6.45, 7) is 5.32. The third-order valence-electron chi connectivity index (χ3n) is 2.89. The van der Waals surface area contributed by atoms with Crippen molar-refractivity contribution in [1.82, 2.24) is 15.5 Å². The lowest BCUT2D eigenvalue weighted by Crippen LogP contribution is -2.23. The number of phenols is 1. The van der Waals surface area contributed by atoms with E-state index in [1.165, 1.54) is 0 Å². The van der Waals surface area contributed by atoms with Gasteiger partial charge in [0.05, 0.1) is 0 Å². The number of aromatic nitrogens is 2. The molecule has 0 aliphatic carbocycles. The summed E-state index contributed by atoms with van der Waals surface area (Å²) in [5, 5.41) is 23.4. The molecule has 0 bridgehead atoms. The molecule has 0 unspecified atom stereocenters. The number of aromatic hydroxyl groups is 1. The average Bonchev–Trinajstić information content (AvgIpc) is 2.82. The van der Waals surface area contributed by atoms with E-state index in [1.807, 2.05) is 12.1 Å².